The number of nitrogens with two attached hydrogens (primary N) is 2. The van der Waals surface area contributed by atoms with Gasteiger partial charge < -0.3 is 25.8 Å². The van der Waals surface area contributed by atoms with Crippen LogP contribution in [0.1, 0.15) is 28.9 Å². The Morgan fingerprint density at radius 3 is 2.58 bits per heavy atom. The lowest BCUT2D eigenvalue weighted by Gasteiger charge is -2.19. The van der Waals surface area contributed by atoms with Gasteiger partial charge in [0.1, 0.15) is 6.10 Å². The van der Waals surface area contributed by atoms with E-state index in [1.807, 2.05) is 11.9 Å². The third-order valence-corrected chi connectivity index (χ3v) is 4.82. The number of hydrogen-bond acceptors (Lipinski definition) is 12. The Labute approximate surface area is 188 Å². The molecule has 0 aliphatic heterocycles. The number of ether oxygens (including phenoxy) is 2. The predicted molar refractivity (Wildman–Crippen MR) is 119 cm³/mol. The van der Waals surface area contributed by atoms with Crippen molar-refractivity contribution in [2.24, 2.45) is 0 Å². The van der Waals surface area contributed by atoms with Crippen molar-refractivity contribution in [3.63, 3.8) is 0 Å². The van der Waals surface area contributed by atoms with E-state index >= 15 is 0 Å². The van der Waals surface area contributed by atoms with Gasteiger partial charge in [-0.15, -0.1) is 0 Å². The highest BCUT2D eigenvalue weighted by Crippen LogP contribution is 2.20. The van der Waals surface area contributed by atoms with Crippen molar-refractivity contribution in [3.05, 3.63) is 41.7 Å². The van der Waals surface area contributed by atoms with E-state index in [0.29, 0.717) is 35.4 Å². The molecule has 33 heavy (non-hydrogen) atoms. The number of aromatic nitrogens is 4. The summed E-state index contributed by atoms with van der Waals surface area (Å²) < 4.78 is 9.51. The summed E-state index contributed by atoms with van der Waals surface area (Å²) in [7, 11) is 1.87. The summed E-state index contributed by atoms with van der Waals surface area (Å²) in [5.74, 6) is -0.00334. The Balaban J connectivity index is 1.65. The molecule has 0 aliphatic carbocycles. The van der Waals surface area contributed by atoms with E-state index in [1.54, 1.807) is 30.5 Å². The van der Waals surface area contributed by atoms with Gasteiger partial charge >= 0.3 is 0 Å². The minimum absolute atomic E-state index is 0.0170. The molecule has 1 aromatic carbocycles. The summed E-state index contributed by atoms with van der Waals surface area (Å²) in [6.07, 6.45) is 1.13. The highest BCUT2D eigenvalue weighted by Gasteiger charge is 2.17. The minimum Gasteiger partial charge on any atom is -0.468 e. The summed E-state index contributed by atoms with van der Waals surface area (Å²) >= 11 is 0. The first-order valence-corrected chi connectivity index (χ1v) is 9.94. The molecule has 12 heteroatoms. The molecule has 0 amide bonds. The molecule has 2 heterocycles. The van der Waals surface area contributed by atoms with Crippen LogP contribution in [-0.2, 0) is 25.6 Å². The zero-order valence-electron chi connectivity index (χ0n) is 17.9. The van der Waals surface area contributed by atoms with Crippen LogP contribution in [0, 0.1) is 0 Å². The van der Waals surface area contributed by atoms with E-state index in [9.17, 15) is 14.4 Å². The van der Waals surface area contributed by atoms with Gasteiger partial charge in [0.25, 0.3) is 12.9 Å². The van der Waals surface area contributed by atoms with E-state index in [-0.39, 0.29) is 43.5 Å². The maximum atomic E-state index is 12.5. The number of carbonyl (C=O) groups excluding carboxylic acids is 3. The molecule has 1 atom stereocenters. The number of Topliss-reactive ketones (excluding diaryl/α,β-unsaturated/α-hetero) is 1. The second kappa shape index (κ2) is 10.8. The van der Waals surface area contributed by atoms with Crippen LogP contribution in [0.2, 0.25) is 0 Å². The average Bonchev–Trinajstić information content (AvgIpc) is 2.79. The molecule has 0 saturated heterocycles. The largest absolute Gasteiger partial charge is 0.468 e. The smallest absolute Gasteiger partial charge is 0.293 e. The Morgan fingerprint density at radius 2 is 1.88 bits per heavy atom. The van der Waals surface area contributed by atoms with Gasteiger partial charge in [-0.25, -0.2) is 9.97 Å². The fourth-order valence-corrected chi connectivity index (χ4v) is 3.16. The molecule has 3 rings (SSSR count). The molecule has 0 spiro atoms. The van der Waals surface area contributed by atoms with Crippen molar-refractivity contribution in [2.75, 3.05) is 30.0 Å². The fraction of sp³-hybridized carbons (Fsp3) is 0.286. The number of ketones is 1. The van der Waals surface area contributed by atoms with Crippen molar-refractivity contribution in [1.29, 1.82) is 0 Å². The predicted octanol–water partition coefficient (Wildman–Crippen LogP) is 0.898. The fourth-order valence-electron chi connectivity index (χ4n) is 3.16. The quantitative estimate of drug-likeness (QED) is 0.225. The molecule has 2 aromatic heterocycles. The first kappa shape index (κ1) is 23.3. The van der Waals surface area contributed by atoms with E-state index in [4.69, 9.17) is 16.2 Å². The number of fused-ring (bicyclic) bond motifs is 1. The Hall–Kier alpha value is -4.35. The first-order valence-electron chi connectivity index (χ1n) is 9.94. The van der Waals surface area contributed by atoms with Gasteiger partial charge in [0.05, 0.1) is 25.0 Å². The Bertz CT molecular complexity index is 1140. The SMILES string of the molecule is CN(Cc1cnc2nc(N)nc(N)c2n1)c1ccc(C(=O)C[C@@H](CCOC=O)OC=O)cc1. The number of carbonyl (C=O) groups is 3. The summed E-state index contributed by atoms with van der Waals surface area (Å²) in [5.41, 5.74) is 14.1. The number of anilines is 3. The van der Waals surface area contributed by atoms with Gasteiger partial charge in [0, 0.05) is 31.1 Å². The molecule has 0 fully saturated rings. The molecule has 3 aromatic rings. The monoisotopic (exact) mass is 453 g/mol. The summed E-state index contributed by atoms with van der Waals surface area (Å²) in [6.45, 7) is 1.06. The van der Waals surface area contributed by atoms with Gasteiger partial charge in [-0.3, -0.25) is 14.4 Å². The first-order chi connectivity index (χ1) is 15.9. The van der Waals surface area contributed by atoms with Crippen LogP contribution in [0.25, 0.3) is 11.2 Å². The van der Waals surface area contributed by atoms with Crippen molar-refractivity contribution < 1.29 is 23.9 Å². The molecular weight excluding hydrogens is 430 g/mol. The average molecular weight is 453 g/mol. The van der Waals surface area contributed by atoms with E-state index in [1.165, 1.54) is 0 Å². The second-order valence-electron chi connectivity index (χ2n) is 7.14. The second-order valence-corrected chi connectivity index (χ2v) is 7.14. The zero-order valence-corrected chi connectivity index (χ0v) is 17.9. The molecule has 0 radical (unpaired) electrons. The molecular formula is C21H23N7O5. The molecule has 12 nitrogen and oxygen atoms in total. The van der Waals surface area contributed by atoms with Gasteiger partial charge in [0.2, 0.25) is 5.95 Å². The highest BCUT2D eigenvalue weighted by molar-refractivity contribution is 5.96. The van der Waals surface area contributed by atoms with Crippen molar-refractivity contribution in [3.8, 4) is 0 Å². The summed E-state index contributed by atoms with van der Waals surface area (Å²) in [6, 6.07) is 6.97. The van der Waals surface area contributed by atoms with Crippen LogP contribution in [0.5, 0.6) is 0 Å². The maximum Gasteiger partial charge on any atom is 0.293 e. The van der Waals surface area contributed by atoms with E-state index in [0.717, 1.165) is 5.69 Å². The third kappa shape index (κ3) is 6.09. The highest BCUT2D eigenvalue weighted by atomic mass is 16.5. The summed E-state index contributed by atoms with van der Waals surface area (Å²) in [5, 5.41) is 0. The third-order valence-electron chi connectivity index (χ3n) is 4.82. The Morgan fingerprint density at radius 1 is 1.12 bits per heavy atom. The lowest BCUT2D eigenvalue weighted by molar-refractivity contribution is -0.135. The van der Waals surface area contributed by atoms with Crippen LogP contribution in [-0.4, -0.2) is 58.4 Å². The van der Waals surface area contributed by atoms with Crippen LogP contribution >= 0.6 is 0 Å². The van der Waals surface area contributed by atoms with Crippen LogP contribution in [0.4, 0.5) is 17.5 Å². The number of nitrogen functional groups attached to an aromatic ring is 2. The van der Waals surface area contributed by atoms with Gasteiger partial charge in [-0.2, -0.15) is 9.97 Å². The van der Waals surface area contributed by atoms with E-state index < -0.39 is 6.10 Å². The van der Waals surface area contributed by atoms with Crippen LogP contribution in [0.3, 0.4) is 0 Å². The molecule has 0 unspecified atom stereocenters. The molecule has 172 valence electrons. The molecule has 4 N–H and O–H groups in total. The topological polar surface area (TPSA) is 177 Å². The molecule has 0 saturated carbocycles. The summed E-state index contributed by atoms with van der Waals surface area (Å²) in [4.78, 5) is 52.0. The number of nitrogens with zero attached hydrogens (tertiary/aromatic N) is 5. The number of hydrogen-bond donors (Lipinski definition) is 2. The van der Waals surface area contributed by atoms with Crippen LogP contribution < -0.4 is 16.4 Å². The number of benzene rings is 1. The number of rotatable bonds is 12. The normalized spacial score (nSPS) is 11.5. The molecule has 0 aliphatic rings. The molecule has 0 bridgehead atoms. The maximum absolute atomic E-state index is 12.5. The Kier molecular flexibility index (Phi) is 7.63. The van der Waals surface area contributed by atoms with Crippen molar-refractivity contribution in [2.45, 2.75) is 25.5 Å². The van der Waals surface area contributed by atoms with E-state index in [2.05, 4.69) is 24.7 Å². The standard InChI is InChI=1S/C21H23N7O5/c1-28(10-14-9-24-20-18(25-14)19(22)26-21(23)27-20)15-4-2-13(3-5-15)17(31)8-16(33-12-30)6-7-32-11-29/h2-5,9,11-12,16H,6-8,10H2,1H3,(H4,22,23,24,26,27)/t16-/m1/s1. The minimum atomic E-state index is -0.671. The van der Waals surface area contributed by atoms with Crippen molar-refractivity contribution >= 4 is 47.3 Å². The van der Waals surface area contributed by atoms with Gasteiger partial charge in [-0.1, -0.05) is 0 Å². The van der Waals surface area contributed by atoms with Crippen LogP contribution in [0.15, 0.2) is 30.5 Å². The lowest BCUT2D eigenvalue weighted by atomic mass is 10.0. The van der Waals surface area contributed by atoms with Crippen molar-refractivity contribution in [1.82, 2.24) is 19.9 Å². The zero-order chi connectivity index (χ0) is 23.8. The lowest BCUT2D eigenvalue weighted by Crippen LogP contribution is -2.20. The van der Waals surface area contributed by atoms with Gasteiger partial charge in [0.15, 0.2) is 22.8 Å². The van der Waals surface area contributed by atoms with Gasteiger partial charge in [-0.05, 0) is 24.3 Å².